The van der Waals surface area contributed by atoms with Gasteiger partial charge in [-0.05, 0) is 13.8 Å². The van der Waals surface area contributed by atoms with Crippen LogP contribution in [0.25, 0.3) is 0 Å². The predicted molar refractivity (Wildman–Crippen MR) is 55.1 cm³/mol. The average molecular weight is 196 g/mol. The van der Waals surface area contributed by atoms with Crippen molar-refractivity contribution in [2.45, 2.75) is 13.8 Å². The van der Waals surface area contributed by atoms with Crippen molar-refractivity contribution >= 4 is 11.8 Å². The summed E-state index contributed by atoms with van der Waals surface area (Å²) in [7, 11) is 1.79. The Morgan fingerprint density at radius 2 is 2.21 bits per heavy atom. The van der Waals surface area contributed by atoms with Crippen LogP contribution in [-0.2, 0) is 7.05 Å². The van der Waals surface area contributed by atoms with Crippen molar-refractivity contribution in [2.75, 3.05) is 18.4 Å². The number of nitrogens with one attached hydrogen (secondary N) is 1. The maximum Gasteiger partial charge on any atom is 0.322 e. The fourth-order valence-corrected chi connectivity index (χ4v) is 1.20. The standard InChI is InChI=1S/C9H16N4O/c1-4-13(5-2)9(14)11-8-6-7-10-12(8)3/h6-7H,4-5H2,1-3H3,(H,11,14). The molecule has 0 radical (unpaired) electrons. The van der Waals surface area contributed by atoms with E-state index in [-0.39, 0.29) is 6.03 Å². The largest absolute Gasteiger partial charge is 0.325 e. The van der Waals surface area contributed by atoms with Gasteiger partial charge in [0.05, 0.1) is 6.20 Å². The molecular formula is C9H16N4O. The van der Waals surface area contributed by atoms with Crippen molar-refractivity contribution in [1.82, 2.24) is 14.7 Å². The summed E-state index contributed by atoms with van der Waals surface area (Å²) in [5, 5.41) is 6.74. The zero-order chi connectivity index (χ0) is 10.6. The molecule has 0 aliphatic carbocycles. The van der Waals surface area contributed by atoms with Crippen LogP contribution in [0.5, 0.6) is 0 Å². The van der Waals surface area contributed by atoms with E-state index in [1.165, 1.54) is 0 Å². The number of aromatic nitrogens is 2. The molecule has 1 aromatic rings. The molecule has 78 valence electrons. The molecule has 0 saturated heterocycles. The molecule has 0 spiro atoms. The van der Waals surface area contributed by atoms with Gasteiger partial charge < -0.3 is 4.90 Å². The Morgan fingerprint density at radius 1 is 1.57 bits per heavy atom. The van der Waals surface area contributed by atoms with E-state index in [2.05, 4.69) is 10.4 Å². The van der Waals surface area contributed by atoms with Crippen LogP contribution in [-0.4, -0.2) is 33.8 Å². The van der Waals surface area contributed by atoms with Gasteiger partial charge in [0.1, 0.15) is 5.82 Å². The summed E-state index contributed by atoms with van der Waals surface area (Å²) in [5.74, 6) is 0.710. The van der Waals surface area contributed by atoms with Gasteiger partial charge in [-0.3, -0.25) is 10.00 Å². The third-order valence-corrected chi connectivity index (χ3v) is 2.11. The van der Waals surface area contributed by atoms with Gasteiger partial charge in [0.15, 0.2) is 0 Å². The number of hydrogen-bond donors (Lipinski definition) is 1. The van der Waals surface area contributed by atoms with Crippen LogP contribution >= 0.6 is 0 Å². The number of anilines is 1. The summed E-state index contributed by atoms with van der Waals surface area (Å²) in [6, 6.07) is 1.68. The maximum absolute atomic E-state index is 11.6. The first kappa shape index (κ1) is 10.6. The Hall–Kier alpha value is -1.52. The lowest BCUT2D eigenvalue weighted by molar-refractivity contribution is 0.217. The molecule has 0 atom stereocenters. The summed E-state index contributed by atoms with van der Waals surface area (Å²) in [5.41, 5.74) is 0. The molecule has 1 rings (SSSR count). The molecule has 1 N–H and O–H groups in total. The fourth-order valence-electron chi connectivity index (χ4n) is 1.20. The fraction of sp³-hybridized carbons (Fsp3) is 0.556. The molecule has 0 aliphatic heterocycles. The van der Waals surface area contributed by atoms with Crippen LogP contribution in [0.4, 0.5) is 10.6 Å². The normalized spacial score (nSPS) is 9.93. The van der Waals surface area contributed by atoms with Gasteiger partial charge >= 0.3 is 6.03 Å². The molecule has 0 saturated carbocycles. The van der Waals surface area contributed by atoms with Crippen LogP contribution < -0.4 is 5.32 Å². The zero-order valence-electron chi connectivity index (χ0n) is 8.82. The number of carbonyl (C=O) groups is 1. The van der Waals surface area contributed by atoms with Gasteiger partial charge in [0, 0.05) is 26.2 Å². The first-order valence-electron chi connectivity index (χ1n) is 4.73. The number of amides is 2. The number of carbonyl (C=O) groups excluding carboxylic acids is 1. The summed E-state index contributed by atoms with van der Waals surface area (Å²) in [4.78, 5) is 13.3. The Balaban J connectivity index is 2.61. The summed E-state index contributed by atoms with van der Waals surface area (Å²) in [6.45, 7) is 5.32. The Bertz CT molecular complexity index is 304. The van der Waals surface area contributed by atoms with E-state index in [4.69, 9.17) is 0 Å². The second kappa shape index (κ2) is 4.64. The summed E-state index contributed by atoms with van der Waals surface area (Å²) in [6.07, 6.45) is 1.65. The third-order valence-electron chi connectivity index (χ3n) is 2.11. The van der Waals surface area contributed by atoms with Crippen molar-refractivity contribution in [2.24, 2.45) is 7.05 Å². The molecule has 0 bridgehead atoms. The second-order valence-electron chi connectivity index (χ2n) is 2.94. The molecule has 5 nitrogen and oxygen atoms in total. The van der Waals surface area contributed by atoms with E-state index in [0.29, 0.717) is 18.9 Å². The quantitative estimate of drug-likeness (QED) is 0.792. The topological polar surface area (TPSA) is 50.2 Å². The first-order chi connectivity index (χ1) is 6.69. The van der Waals surface area contributed by atoms with E-state index in [9.17, 15) is 4.79 Å². The van der Waals surface area contributed by atoms with Crippen molar-refractivity contribution < 1.29 is 4.79 Å². The molecule has 2 amide bonds. The molecule has 1 heterocycles. The lowest BCUT2D eigenvalue weighted by Crippen LogP contribution is -2.34. The highest BCUT2D eigenvalue weighted by atomic mass is 16.2. The number of aryl methyl sites for hydroxylation is 1. The molecule has 5 heteroatoms. The third kappa shape index (κ3) is 2.25. The summed E-state index contributed by atoms with van der Waals surface area (Å²) >= 11 is 0. The molecule has 0 unspecified atom stereocenters. The SMILES string of the molecule is CCN(CC)C(=O)Nc1ccnn1C. The van der Waals surface area contributed by atoms with Crippen molar-refractivity contribution in [3.63, 3.8) is 0 Å². The Kier molecular flexibility index (Phi) is 3.50. The van der Waals surface area contributed by atoms with Crippen LogP contribution in [0.3, 0.4) is 0 Å². The highest BCUT2D eigenvalue weighted by molar-refractivity contribution is 5.88. The monoisotopic (exact) mass is 196 g/mol. The molecule has 1 aromatic heterocycles. The van der Waals surface area contributed by atoms with E-state index >= 15 is 0 Å². The minimum atomic E-state index is -0.0846. The first-order valence-corrected chi connectivity index (χ1v) is 4.73. The van der Waals surface area contributed by atoms with E-state index in [0.717, 1.165) is 0 Å². The van der Waals surface area contributed by atoms with Crippen molar-refractivity contribution in [1.29, 1.82) is 0 Å². The highest BCUT2D eigenvalue weighted by Crippen LogP contribution is 2.04. The minimum absolute atomic E-state index is 0.0846. The molecule has 0 aliphatic rings. The minimum Gasteiger partial charge on any atom is -0.325 e. The van der Waals surface area contributed by atoms with Crippen molar-refractivity contribution in [3.8, 4) is 0 Å². The van der Waals surface area contributed by atoms with Gasteiger partial charge in [0.2, 0.25) is 0 Å². The zero-order valence-corrected chi connectivity index (χ0v) is 8.82. The highest BCUT2D eigenvalue weighted by Gasteiger charge is 2.10. The maximum atomic E-state index is 11.6. The van der Waals surface area contributed by atoms with Crippen LogP contribution in [0.1, 0.15) is 13.8 Å². The Morgan fingerprint density at radius 3 is 2.64 bits per heavy atom. The van der Waals surface area contributed by atoms with Crippen LogP contribution in [0.15, 0.2) is 12.3 Å². The number of hydrogen-bond acceptors (Lipinski definition) is 2. The van der Waals surface area contributed by atoms with E-state index in [1.807, 2.05) is 13.8 Å². The lowest BCUT2D eigenvalue weighted by Gasteiger charge is -2.18. The van der Waals surface area contributed by atoms with Gasteiger partial charge in [-0.1, -0.05) is 0 Å². The summed E-state index contributed by atoms with van der Waals surface area (Å²) < 4.78 is 1.63. The number of urea groups is 1. The molecule has 14 heavy (non-hydrogen) atoms. The van der Waals surface area contributed by atoms with Gasteiger partial charge in [-0.2, -0.15) is 5.10 Å². The van der Waals surface area contributed by atoms with Gasteiger partial charge in [0.25, 0.3) is 0 Å². The van der Waals surface area contributed by atoms with Crippen LogP contribution in [0.2, 0.25) is 0 Å². The smallest absolute Gasteiger partial charge is 0.322 e. The van der Waals surface area contributed by atoms with Gasteiger partial charge in [-0.25, -0.2) is 4.79 Å². The predicted octanol–water partition coefficient (Wildman–Crippen LogP) is 1.29. The average Bonchev–Trinajstić information content (AvgIpc) is 2.54. The lowest BCUT2D eigenvalue weighted by atomic mass is 10.5. The van der Waals surface area contributed by atoms with E-state index in [1.54, 1.807) is 28.9 Å². The van der Waals surface area contributed by atoms with Crippen LogP contribution in [0, 0.1) is 0 Å². The second-order valence-corrected chi connectivity index (χ2v) is 2.94. The molecule has 0 fully saturated rings. The number of rotatable bonds is 3. The molecule has 0 aromatic carbocycles. The van der Waals surface area contributed by atoms with Crippen molar-refractivity contribution in [3.05, 3.63) is 12.3 Å². The molecular weight excluding hydrogens is 180 g/mol. The Labute approximate surface area is 83.7 Å². The van der Waals surface area contributed by atoms with E-state index < -0.39 is 0 Å². The van der Waals surface area contributed by atoms with Gasteiger partial charge in [-0.15, -0.1) is 0 Å². The number of nitrogens with zero attached hydrogens (tertiary/aromatic N) is 3.